The van der Waals surface area contributed by atoms with Gasteiger partial charge in [0.15, 0.2) is 8.67 Å². The van der Waals surface area contributed by atoms with Crippen LogP contribution in [0, 0.1) is 22.0 Å². The first kappa shape index (κ1) is 26.8. The maximum absolute atomic E-state index is 11.7. The summed E-state index contributed by atoms with van der Waals surface area (Å²) in [6.07, 6.45) is 0. The second-order valence-corrected chi connectivity index (χ2v) is 15.9. The number of benzene rings is 1. The van der Waals surface area contributed by atoms with Gasteiger partial charge in [0, 0.05) is 35.8 Å². The van der Waals surface area contributed by atoms with E-state index in [9.17, 15) is 10.1 Å². The lowest BCUT2D eigenvalue weighted by atomic mass is 9.57. The molecule has 2 saturated carbocycles. The van der Waals surface area contributed by atoms with E-state index in [0.717, 1.165) is 0 Å². The SMILES string of the molecule is O=[N+]([O-])c1ccc2c(c1)[C@@H]1[C@H]([C@@H]3[C@H]2[C@]2(Cl)C(Cl)=C(Cl)[C@@]3(Cl)C2(Cl)Cl)[C@@]2(Cl)C(Cl)=C(Cl)[C@]1(Cl)C2(Cl)Cl. The molecule has 3 nitrogen and oxygen atoms in total. The van der Waals surface area contributed by atoms with Gasteiger partial charge in [0.05, 0.1) is 25.1 Å². The van der Waals surface area contributed by atoms with Crippen molar-refractivity contribution in [3.8, 4) is 0 Å². The monoisotopic (exact) mass is 713 g/mol. The van der Waals surface area contributed by atoms with Crippen molar-refractivity contribution >= 4 is 145 Å². The fourth-order valence-electron chi connectivity index (χ4n) is 7.00. The van der Waals surface area contributed by atoms with E-state index in [-0.39, 0.29) is 25.8 Å². The molecule has 5 aliphatic carbocycles. The lowest BCUT2D eigenvalue weighted by molar-refractivity contribution is -0.385. The number of halogens is 12. The first-order valence-corrected chi connectivity index (χ1v) is 14.4. The van der Waals surface area contributed by atoms with Gasteiger partial charge < -0.3 is 0 Å². The summed E-state index contributed by atoms with van der Waals surface area (Å²) >= 11 is 82.9. The Morgan fingerprint density at radius 3 is 1.40 bits per heavy atom. The van der Waals surface area contributed by atoms with Gasteiger partial charge >= 0.3 is 0 Å². The third kappa shape index (κ3) is 2.35. The van der Waals surface area contributed by atoms with Crippen LogP contribution in [0.5, 0.6) is 0 Å². The largest absolute Gasteiger partial charge is 0.269 e. The molecule has 0 aromatic heterocycles. The van der Waals surface area contributed by atoms with E-state index in [0.29, 0.717) is 11.1 Å². The van der Waals surface area contributed by atoms with Gasteiger partial charge in [0.25, 0.3) is 5.69 Å². The van der Waals surface area contributed by atoms with Gasteiger partial charge in [0.2, 0.25) is 0 Å². The molecular formula is C20H7Cl12NO2. The van der Waals surface area contributed by atoms with Crippen molar-refractivity contribution < 1.29 is 4.92 Å². The summed E-state index contributed by atoms with van der Waals surface area (Å²) in [6, 6.07) is 4.20. The Morgan fingerprint density at radius 1 is 0.629 bits per heavy atom. The summed E-state index contributed by atoms with van der Waals surface area (Å²) in [5.74, 6) is -3.52. The van der Waals surface area contributed by atoms with Gasteiger partial charge in [-0.15, -0.1) is 46.4 Å². The van der Waals surface area contributed by atoms with Gasteiger partial charge in [0.1, 0.15) is 19.5 Å². The van der Waals surface area contributed by atoms with E-state index in [1.807, 2.05) is 0 Å². The molecule has 0 unspecified atom stereocenters. The minimum absolute atomic E-state index is 0.0418. The Bertz CT molecular complexity index is 1340. The van der Waals surface area contributed by atoms with E-state index < -0.39 is 56.8 Å². The first-order valence-electron chi connectivity index (χ1n) is 9.83. The summed E-state index contributed by atoms with van der Waals surface area (Å²) in [6.45, 7) is 0. The Kier molecular flexibility index (Phi) is 5.55. The van der Waals surface area contributed by atoms with Crippen LogP contribution in [-0.2, 0) is 0 Å². The van der Waals surface area contributed by atoms with Crippen LogP contribution in [0.15, 0.2) is 38.3 Å². The number of alkyl halides is 8. The van der Waals surface area contributed by atoms with Crippen LogP contribution in [0.3, 0.4) is 0 Å². The number of nitro benzene ring substituents is 1. The highest BCUT2D eigenvalue weighted by molar-refractivity contribution is 6.67. The number of nitro groups is 1. The van der Waals surface area contributed by atoms with Gasteiger partial charge in [-0.25, -0.2) is 0 Å². The van der Waals surface area contributed by atoms with Crippen LogP contribution in [0.4, 0.5) is 5.69 Å². The van der Waals surface area contributed by atoms with Gasteiger partial charge in [-0.1, -0.05) is 98.9 Å². The lowest BCUT2D eigenvalue weighted by Gasteiger charge is -2.52. The molecule has 0 spiro atoms. The smallest absolute Gasteiger partial charge is 0.258 e. The number of non-ortho nitro benzene ring substituents is 1. The molecule has 6 rings (SSSR count). The molecule has 2 fully saturated rings. The highest BCUT2D eigenvalue weighted by atomic mass is 35.5. The minimum Gasteiger partial charge on any atom is -0.258 e. The zero-order valence-corrected chi connectivity index (χ0v) is 25.4. The predicted octanol–water partition coefficient (Wildman–Crippen LogP) is 9.70. The van der Waals surface area contributed by atoms with Crippen LogP contribution >= 0.6 is 139 Å². The molecule has 0 amide bonds. The molecule has 4 bridgehead atoms. The zero-order valence-electron chi connectivity index (χ0n) is 16.3. The molecular weight excluding hydrogens is 712 g/mol. The van der Waals surface area contributed by atoms with E-state index in [2.05, 4.69) is 0 Å². The van der Waals surface area contributed by atoms with Crippen LogP contribution in [0.1, 0.15) is 23.0 Å². The van der Waals surface area contributed by atoms with Crippen molar-refractivity contribution in [1.29, 1.82) is 0 Å². The van der Waals surface area contributed by atoms with Crippen molar-refractivity contribution in [2.45, 2.75) is 40.0 Å². The van der Waals surface area contributed by atoms with Crippen LogP contribution < -0.4 is 0 Å². The Labute approximate surface area is 258 Å². The molecule has 35 heavy (non-hydrogen) atoms. The average molecular weight is 719 g/mol. The summed E-state index contributed by atoms with van der Waals surface area (Å²) in [5.41, 5.74) is 0.669. The Morgan fingerprint density at radius 2 is 1.00 bits per heavy atom. The molecule has 5 aliphatic rings. The summed E-state index contributed by atoms with van der Waals surface area (Å²) in [7, 11) is 0. The van der Waals surface area contributed by atoms with E-state index in [4.69, 9.17) is 139 Å². The second-order valence-electron chi connectivity index (χ2n) is 9.33. The van der Waals surface area contributed by atoms with Gasteiger partial charge in [-0.05, 0) is 11.1 Å². The summed E-state index contributed by atoms with van der Waals surface area (Å²) in [5, 5.41) is 11.4. The van der Waals surface area contributed by atoms with E-state index in [1.54, 1.807) is 0 Å². The Hall–Kier alpha value is 1.58. The molecule has 0 aliphatic heterocycles. The third-order valence-corrected chi connectivity index (χ3v) is 16.9. The highest BCUT2D eigenvalue weighted by Gasteiger charge is 2.91. The number of hydrogen-bond acceptors (Lipinski definition) is 2. The van der Waals surface area contributed by atoms with E-state index >= 15 is 0 Å². The molecule has 0 saturated heterocycles. The summed E-state index contributed by atoms with van der Waals surface area (Å²) in [4.78, 5) is 4.05. The second kappa shape index (κ2) is 7.25. The minimum atomic E-state index is -1.99. The quantitative estimate of drug-likeness (QED) is 0.165. The number of fused-ring (bicyclic) bond motifs is 14. The van der Waals surface area contributed by atoms with Crippen LogP contribution in [0.2, 0.25) is 0 Å². The van der Waals surface area contributed by atoms with Gasteiger partial charge in [-0.3, -0.25) is 10.1 Å². The fourth-order valence-corrected chi connectivity index (χ4v) is 13.1. The van der Waals surface area contributed by atoms with E-state index in [1.165, 1.54) is 18.2 Å². The molecule has 0 heterocycles. The molecule has 15 heteroatoms. The molecule has 0 radical (unpaired) electrons. The Balaban J connectivity index is 1.79. The molecule has 188 valence electrons. The maximum Gasteiger partial charge on any atom is 0.269 e. The van der Waals surface area contributed by atoms with Crippen molar-refractivity contribution in [2.75, 3.05) is 0 Å². The first-order chi connectivity index (χ1) is 15.9. The van der Waals surface area contributed by atoms with Crippen molar-refractivity contribution in [1.82, 2.24) is 0 Å². The fraction of sp³-hybridized carbons (Fsp3) is 0.500. The molecule has 1 aromatic rings. The molecule has 1 aromatic carbocycles. The predicted molar refractivity (Wildman–Crippen MR) is 146 cm³/mol. The average Bonchev–Trinajstić information content (AvgIpc) is 3.13. The van der Waals surface area contributed by atoms with Crippen molar-refractivity contribution in [3.05, 3.63) is 59.6 Å². The number of hydrogen-bond donors (Lipinski definition) is 0. The maximum atomic E-state index is 11.7. The van der Waals surface area contributed by atoms with Gasteiger partial charge in [-0.2, -0.15) is 0 Å². The highest BCUT2D eigenvalue weighted by Crippen LogP contribution is 2.88. The molecule has 0 N–H and O–H groups in total. The standard InChI is InChI=1S/C20H7Cl12NO2/c21-11-13(23)17(27)9-7(15(11,25)19(17,29)30)5-2-1-4(33(34)35)3-6(5)8-10(9)18(28)14(24)12(22)16(8,26)20(18,31)32/h1-3,7-10H/t7-,8+,9-,10+,15-,16-,17+,18+/m0/s1. The topological polar surface area (TPSA) is 43.1 Å². The van der Waals surface area contributed by atoms with Crippen LogP contribution in [-0.4, -0.2) is 33.1 Å². The normalized spacial score (nSPS) is 47.8. The van der Waals surface area contributed by atoms with Crippen LogP contribution in [0.25, 0.3) is 0 Å². The lowest BCUT2D eigenvalue weighted by Crippen LogP contribution is -2.53. The summed E-state index contributed by atoms with van der Waals surface area (Å²) < 4.78 is -3.93. The zero-order chi connectivity index (χ0) is 26.0. The van der Waals surface area contributed by atoms with Crippen molar-refractivity contribution in [2.24, 2.45) is 11.8 Å². The number of nitrogens with zero attached hydrogens (tertiary/aromatic N) is 1. The number of allylic oxidation sites excluding steroid dienone is 4. The van der Waals surface area contributed by atoms with Crippen molar-refractivity contribution in [3.63, 3.8) is 0 Å². The number of rotatable bonds is 1. The third-order valence-electron chi connectivity index (χ3n) is 8.32. The molecule has 8 atom stereocenters.